The van der Waals surface area contributed by atoms with Crippen molar-refractivity contribution in [2.75, 3.05) is 12.8 Å². The fraction of sp³-hybridized carbons (Fsp3) is 0.545. The molecule has 0 aromatic carbocycles. The Morgan fingerprint density at radius 1 is 1.41 bits per heavy atom. The normalized spacial score (nSPS) is 12.8. The van der Waals surface area contributed by atoms with E-state index in [0.717, 1.165) is 0 Å². The molecule has 124 valence electrons. The van der Waals surface area contributed by atoms with Crippen LogP contribution >= 0.6 is 7.60 Å². The summed E-state index contributed by atoms with van der Waals surface area (Å²) in [5.74, 6) is -1.59. The van der Waals surface area contributed by atoms with Crippen molar-refractivity contribution < 1.29 is 29.0 Å². The van der Waals surface area contributed by atoms with E-state index in [1.807, 2.05) is 0 Å². The minimum absolute atomic E-state index is 0.0565. The third-order valence-corrected chi connectivity index (χ3v) is 3.32. The summed E-state index contributed by atoms with van der Waals surface area (Å²) >= 11 is 0. The quantitative estimate of drug-likeness (QED) is 0.235. The number of carbonyl (C=O) groups is 2. The Morgan fingerprint density at radius 3 is 2.68 bits per heavy atom. The molecular weight excluding hydrogens is 315 g/mol. The molecule has 22 heavy (non-hydrogen) atoms. The Bertz CT molecular complexity index is 529. The highest BCUT2D eigenvalue weighted by Gasteiger charge is 2.20. The van der Waals surface area contributed by atoms with Gasteiger partial charge in [0, 0.05) is 24.7 Å². The van der Waals surface area contributed by atoms with Crippen molar-refractivity contribution in [3.8, 4) is 0 Å². The largest absolute Gasteiger partial charge is 0.480 e. The van der Waals surface area contributed by atoms with Gasteiger partial charge in [0.05, 0.1) is 12.6 Å². The van der Waals surface area contributed by atoms with Crippen LogP contribution in [-0.4, -0.2) is 55.6 Å². The zero-order chi connectivity index (χ0) is 16.6. The van der Waals surface area contributed by atoms with Crippen LogP contribution in [0.1, 0.15) is 18.5 Å². The number of carboxylic acids is 1. The number of hydrogen-bond acceptors (Lipinski definition) is 5. The molecule has 1 aromatic rings. The Kier molecular flexibility index (Phi) is 7.19. The van der Waals surface area contributed by atoms with Gasteiger partial charge >= 0.3 is 13.6 Å². The van der Waals surface area contributed by atoms with Gasteiger partial charge in [-0.3, -0.25) is 9.36 Å². The van der Waals surface area contributed by atoms with Gasteiger partial charge in [0.15, 0.2) is 0 Å². The number of aliphatic carboxylic acids is 1. The molecule has 10 nitrogen and oxygen atoms in total. The van der Waals surface area contributed by atoms with Crippen molar-refractivity contribution in [2.24, 2.45) is 0 Å². The Labute approximate surface area is 126 Å². The summed E-state index contributed by atoms with van der Waals surface area (Å²) in [5, 5.41) is 14.0. The SMILES string of the molecule is O=C(CCCNCP(=O)(O)O)NC(Cc1cnc[nH]1)C(=O)O. The van der Waals surface area contributed by atoms with Crippen molar-refractivity contribution >= 4 is 19.5 Å². The summed E-state index contributed by atoms with van der Waals surface area (Å²) in [7, 11) is -4.10. The third kappa shape index (κ3) is 7.89. The van der Waals surface area contributed by atoms with Crippen LogP contribution in [-0.2, 0) is 20.6 Å². The molecule has 11 heteroatoms. The van der Waals surface area contributed by atoms with Crippen molar-refractivity contribution in [3.05, 3.63) is 18.2 Å². The van der Waals surface area contributed by atoms with Gasteiger partial charge in [0.1, 0.15) is 6.04 Å². The van der Waals surface area contributed by atoms with Gasteiger partial charge in [-0.2, -0.15) is 0 Å². The third-order valence-electron chi connectivity index (χ3n) is 2.69. The number of amides is 1. The van der Waals surface area contributed by atoms with E-state index in [0.29, 0.717) is 12.1 Å². The Balaban J connectivity index is 2.29. The molecule has 0 saturated heterocycles. The van der Waals surface area contributed by atoms with E-state index in [1.165, 1.54) is 12.5 Å². The number of imidazole rings is 1. The minimum atomic E-state index is -4.10. The predicted octanol–water partition coefficient (Wildman–Crippen LogP) is -0.973. The first kappa shape index (κ1) is 18.3. The number of rotatable bonds is 10. The van der Waals surface area contributed by atoms with Crippen LogP contribution in [0.5, 0.6) is 0 Å². The van der Waals surface area contributed by atoms with Crippen molar-refractivity contribution in [3.63, 3.8) is 0 Å². The van der Waals surface area contributed by atoms with E-state index in [9.17, 15) is 14.2 Å². The molecule has 0 radical (unpaired) electrons. The van der Waals surface area contributed by atoms with E-state index in [1.54, 1.807) is 0 Å². The number of nitrogens with zero attached hydrogens (tertiary/aromatic N) is 1. The van der Waals surface area contributed by atoms with Crippen LogP contribution in [0.2, 0.25) is 0 Å². The van der Waals surface area contributed by atoms with Crippen LogP contribution in [0.3, 0.4) is 0 Å². The van der Waals surface area contributed by atoms with Gasteiger partial charge in [0.25, 0.3) is 0 Å². The maximum atomic E-state index is 11.7. The lowest BCUT2D eigenvalue weighted by Crippen LogP contribution is -2.42. The van der Waals surface area contributed by atoms with E-state index in [-0.39, 0.29) is 19.4 Å². The molecule has 1 unspecified atom stereocenters. The number of carboxylic acid groups (broad SMARTS) is 1. The molecule has 1 aromatic heterocycles. The first-order valence-electron chi connectivity index (χ1n) is 6.52. The van der Waals surface area contributed by atoms with Gasteiger partial charge in [-0.25, -0.2) is 9.78 Å². The van der Waals surface area contributed by atoms with Gasteiger partial charge in [0.2, 0.25) is 5.91 Å². The average molecular weight is 334 g/mol. The zero-order valence-electron chi connectivity index (χ0n) is 11.7. The summed E-state index contributed by atoms with van der Waals surface area (Å²) < 4.78 is 10.6. The van der Waals surface area contributed by atoms with Crippen molar-refractivity contribution in [2.45, 2.75) is 25.3 Å². The van der Waals surface area contributed by atoms with Crippen LogP contribution in [0.4, 0.5) is 0 Å². The van der Waals surface area contributed by atoms with Crippen LogP contribution in [0.15, 0.2) is 12.5 Å². The monoisotopic (exact) mass is 334 g/mol. The average Bonchev–Trinajstić information content (AvgIpc) is 2.89. The van der Waals surface area contributed by atoms with E-state index in [4.69, 9.17) is 14.9 Å². The van der Waals surface area contributed by atoms with Crippen molar-refractivity contribution in [1.82, 2.24) is 20.6 Å². The van der Waals surface area contributed by atoms with Gasteiger partial charge in [-0.05, 0) is 13.0 Å². The molecule has 0 bridgehead atoms. The van der Waals surface area contributed by atoms with Gasteiger partial charge in [-0.1, -0.05) is 0 Å². The van der Waals surface area contributed by atoms with Gasteiger partial charge < -0.3 is 30.5 Å². The molecule has 1 rings (SSSR count). The maximum absolute atomic E-state index is 11.7. The number of H-pyrrole nitrogens is 1. The maximum Gasteiger partial charge on any atom is 0.339 e. The second-order valence-corrected chi connectivity index (χ2v) is 6.31. The lowest BCUT2D eigenvalue weighted by atomic mass is 10.1. The number of hydrogen-bond donors (Lipinski definition) is 6. The highest BCUT2D eigenvalue weighted by Crippen LogP contribution is 2.31. The molecular formula is C11H19N4O6P. The van der Waals surface area contributed by atoms with E-state index in [2.05, 4.69) is 20.6 Å². The standard InChI is InChI=1S/C11H19N4O6P/c16-10(2-1-3-12-7-22(19,20)21)15-9(11(17)18)4-8-5-13-6-14-8/h5-6,9,12H,1-4,7H2,(H,13,14)(H,15,16)(H,17,18)(H2,19,20,21). The second-order valence-electron chi connectivity index (χ2n) is 4.67. The molecule has 0 aliphatic heterocycles. The summed E-state index contributed by atoms with van der Waals surface area (Å²) in [4.78, 5) is 46.5. The fourth-order valence-electron chi connectivity index (χ4n) is 1.68. The summed E-state index contributed by atoms with van der Waals surface area (Å²) in [6, 6.07) is -1.06. The zero-order valence-corrected chi connectivity index (χ0v) is 12.6. The highest BCUT2D eigenvalue weighted by molar-refractivity contribution is 7.51. The summed E-state index contributed by atoms with van der Waals surface area (Å²) in [6.07, 6.45) is 2.93. The molecule has 0 saturated carbocycles. The number of aromatic nitrogens is 2. The molecule has 1 amide bonds. The molecule has 0 aliphatic rings. The van der Waals surface area contributed by atoms with E-state index >= 15 is 0 Å². The van der Waals surface area contributed by atoms with Crippen LogP contribution < -0.4 is 10.6 Å². The van der Waals surface area contributed by atoms with E-state index < -0.39 is 31.8 Å². The molecule has 0 spiro atoms. The Hall–Kier alpha value is -1.74. The van der Waals surface area contributed by atoms with Gasteiger partial charge in [-0.15, -0.1) is 0 Å². The number of carbonyl (C=O) groups excluding carboxylic acids is 1. The molecule has 6 N–H and O–H groups in total. The number of nitrogens with one attached hydrogen (secondary N) is 3. The fourth-order valence-corrected chi connectivity index (χ4v) is 2.13. The minimum Gasteiger partial charge on any atom is -0.480 e. The van der Waals surface area contributed by atoms with Crippen LogP contribution in [0.25, 0.3) is 0 Å². The predicted molar refractivity (Wildman–Crippen MR) is 76.0 cm³/mol. The molecule has 1 atom stereocenters. The summed E-state index contributed by atoms with van der Waals surface area (Å²) in [6.45, 7) is 0.247. The first-order chi connectivity index (χ1) is 10.3. The lowest BCUT2D eigenvalue weighted by Gasteiger charge is -2.13. The lowest BCUT2D eigenvalue weighted by molar-refractivity contribution is -0.141. The Morgan fingerprint density at radius 2 is 2.14 bits per heavy atom. The molecule has 1 heterocycles. The molecule has 0 aliphatic carbocycles. The topological polar surface area (TPSA) is 165 Å². The van der Waals surface area contributed by atoms with Crippen molar-refractivity contribution in [1.29, 1.82) is 0 Å². The molecule has 0 fully saturated rings. The number of aromatic amines is 1. The highest BCUT2D eigenvalue weighted by atomic mass is 31.2. The smallest absolute Gasteiger partial charge is 0.339 e. The van der Waals surface area contributed by atoms with Crippen LogP contribution in [0, 0.1) is 0 Å². The first-order valence-corrected chi connectivity index (χ1v) is 8.32. The summed E-state index contributed by atoms with van der Waals surface area (Å²) in [5.41, 5.74) is 0.594. The second kappa shape index (κ2) is 8.64.